The van der Waals surface area contributed by atoms with Crippen LogP contribution in [0.1, 0.15) is 451 Å². The van der Waals surface area contributed by atoms with Gasteiger partial charge in [0.05, 0.1) is 26.4 Å². The molecule has 0 saturated heterocycles. The Balaban J connectivity index is 5.23. The van der Waals surface area contributed by atoms with E-state index in [0.717, 1.165) is 89.9 Å². The molecule has 0 aromatic heterocycles. The van der Waals surface area contributed by atoms with E-state index in [4.69, 9.17) is 37.0 Å². The summed E-state index contributed by atoms with van der Waals surface area (Å²) in [5, 5.41) is 10.7. The molecule has 5 atom stereocenters. The van der Waals surface area contributed by atoms with Gasteiger partial charge in [0, 0.05) is 25.7 Å². The molecule has 0 aliphatic carbocycles. The van der Waals surface area contributed by atoms with Gasteiger partial charge in [0.1, 0.15) is 19.3 Å². The summed E-state index contributed by atoms with van der Waals surface area (Å²) in [6.45, 7) is 5.05. The van der Waals surface area contributed by atoms with E-state index in [0.29, 0.717) is 25.7 Å². The highest BCUT2D eigenvalue weighted by Gasteiger charge is 2.30. The van der Waals surface area contributed by atoms with Gasteiger partial charge in [-0.3, -0.25) is 37.3 Å². The minimum absolute atomic E-state index is 0.109. The molecule has 0 aromatic carbocycles. The summed E-state index contributed by atoms with van der Waals surface area (Å²) >= 11 is 0. The van der Waals surface area contributed by atoms with Gasteiger partial charge in [-0.15, -0.1) is 0 Å². The van der Waals surface area contributed by atoms with Crippen molar-refractivity contribution in [3.63, 3.8) is 0 Å². The van der Waals surface area contributed by atoms with Crippen LogP contribution >= 0.6 is 15.6 Å². The third kappa shape index (κ3) is 76.3. The molecule has 2 unspecified atom stereocenters. The quantitative estimate of drug-likeness (QED) is 0.0222. The Labute approximate surface area is 626 Å². The monoisotopic (exact) mass is 1490 g/mol. The first-order chi connectivity index (χ1) is 49.7. The Morgan fingerprint density at radius 2 is 0.392 bits per heavy atom. The van der Waals surface area contributed by atoms with Crippen molar-refractivity contribution in [3.05, 3.63) is 0 Å². The Bertz CT molecular complexity index is 1930. The number of ether oxygens (including phenoxy) is 4. The molecule has 0 bridgehead atoms. The lowest BCUT2D eigenvalue weighted by atomic mass is 10.0. The largest absolute Gasteiger partial charge is 0.472 e. The van der Waals surface area contributed by atoms with Crippen LogP contribution in [0.4, 0.5) is 0 Å². The molecule has 0 saturated carbocycles. The number of carbonyl (C=O) groups excluding carboxylic acids is 4. The van der Waals surface area contributed by atoms with Crippen molar-refractivity contribution in [1.82, 2.24) is 0 Å². The first-order valence-electron chi connectivity index (χ1n) is 43.3. The van der Waals surface area contributed by atoms with E-state index in [2.05, 4.69) is 27.7 Å². The number of hydrogen-bond donors (Lipinski definition) is 3. The topological polar surface area (TPSA) is 237 Å². The fraction of sp³-hybridized carbons (Fsp3) is 0.952. The van der Waals surface area contributed by atoms with Gasteiger partial charge in [0.25, 0.3) is 0 Å². The van der Waals surface area contributed by atoms with Gasteiger partial charge < -0.3 is 33.8 Å². The molecule has 3 N–H and O–H groups in total. The highest BCUT2D eigenvalue weighted by molar-refractivity contribution is 7.47. The smallest absolute Gasteiger partial charge is 0.462 e. The summed E-state index contributed by atoms with van der Waals surface area (Å²) in [4.78, 5) is 73.1. The fourth-order valence-electron chi connectivity index (χ4n) is 13.0. The summed E-state index contributed by atoms with van der Waals surface area (Å²) < 4.78 is 68.8. The van der Waals surface area contributed by atoms with Crippen molar-refractivity contribution >= 4 is 39.5 Å². The summed E-state index contributed by atoms with van der Waals surface area (Å²) in [6, 6.07) is 0. The SMILES string of the molecule is CCCCCCCCCCCCCCCCCCCCCCCC(=O)O[C@H](COC(=O)CCCCCCCCCCCCCCCCC)COP(=O)(O)OC[C@@H](O)COP(=O)(O)OC[C@@H](COC(=O)CCCCCCCCCCCCCCC)OC(=O)CCCCCCCCCCCCCCC. The Morgan fingerprint density at radius 3 is 0.578 bits per heavy atom. The maximum absolute atomic E-state index is 13.1. The van der Waals surface area contributed by atoms with E-state index in [-0.39, 0.29) is 25.7 Å². The lowest BCUT2D eigenvalue weighted by Gasteiger charge is -2.21. The van der Waals surface area contributed by atoms with Gasteiger partial charge in [0.15, 0.2) is 12.2 Å². The Morgan fingerprint density at radius 1 is 0.235 bits per heavy atom. The molecule has 0 aliphatic heterocycles. The third-order valence-corrected chi connectivity index (χ3v) is 21.5. The van der Waals surface area contributed by atoms with Crippen LogP contribution in [0, 0.1) is 0 Å². The molecule has 606 valence electrons. The Kier molecular flexibility index (Phi) is 75.8. The number of aliphatic hydroxyl groups excluding tert-OH is 1. The van der Waals surface area contributed by atoms with Crippen molar-refractivity contribution < 1.29 is 80.2 Å². The molecular formula is C83H162O17P2. The molecule has 0 heterocycles. The summed E-state index contributed by atoms with van der Waals surface area (Å²) in [6.07, 6.45) is 70.7. The lowest BCUT2D eigenvalue weighted by molar-refractivity contribution is -0.161. The van der Waals surface area contributed by atoms with Crippen LogP contribution in [0.25, 0.3) is 0 Å². The van der Waals surface area contributed by atoms with E-state index in [1.165, 1.54) is 283 Å². The van der Waals surface area contributed by atoms with Gasteiger partial charge >= 0.3 is 39.5 Å². The van der Waals surface area contributed by atoms with Gasteiger partial charge in [0.2, 0.25) is 0 Å². The van der Waals surface area contributed by atoms with Crippen LogP contribution in [0.3, 0.4) is 0 Å². The van der Waals surface area contributed by atoms with Crippen molar-refractivity contribution in [2.45, 2.75) is 470 Å². The maximum Gasteiger partial charge on any atom is 0.472 e. The first kappa shape index (κ1) is 100. The second kappa shape index (κ2) is 77.2. The third-order valence-electron chi connectivity index (χ3n) is 19.6. The number of hydrogen-bond acceptors (Lipinski definition) is 15. The molecule has 102 heavy (non-hydrogen) atoms. The molecule has 0 aliphatic rings. The second-order valence-corrected chi connectivity index (χ2v) is 32.8. The zero-order valence-corrected chi connectivity index (χ0v) is 68.4. The van der Waals surface area contributed by atoms with Gasteiger partial charge in [-0.1, -0.05) is 400 Å². The molecular weight excluding hydrogens is 1330 g/mol. The van der Waals surface area contributed by atoms with Crippen molar-refractivity contribution in [2.75, 3.05) is 39.6 Å². The predicted octanol–water partition coefficient (Wildman–Crippen LogP) is 25.4. The van der Waals surface area contributed by atoms with Crippen LogP contribution in [0.2, 0.25) is 0 Å². The molecule has 0 rings (SSSR count). The zero-order chi connectivity index (χ0) is 74.6. The number of phosphoric ester groups is 2. The van der Waals surface area contributed by atoms with Gasteiger partial charge in [-0.2, -0.15) is 0 Å². The number of esters is 4. The molecule has 0 radical (unpaired) electrons. The van der Waals surface area contributed by atoms with E-state index >= 15 is 0 Å². The van der Waals surface area contributed by atoms with E-state index in [9.17, 15) is 43.2 Å². The number of phosphoric acid groups is 2. The molecule has 0 spiro atoms. The summed E-state index contributed by atoms with van der Waals surface area (Å²) in [5.74, 6) is -2.10. The van der Waals surface area contributed by atoms with Crippen molar-refractivity contribution in [2.24, 2.45) is 0 Å². The predicted molar refractivity (Wildman–Crippen MR) is 419 cm³/mol. The standard InChI is InChI=1S/C83H162O17P2/c1-5-9-13-17-21-25-29-33-35-36-37-38-39-40-42-46-50-54-58-62-66-70-83(88)100-79(74-94-81(86)68-64-60-56-52-48-45-41-34-30-26-22-18-14-10-6-2)76-98-102(91,92)96-72-77(84)71-95-101(89,90)97-75-78(99-82(87)69-65-61-57-53-49-44-32-28-24-20-16-12-8-4)73-93-80(85)67-63-59-55-51-47-43-31-27-23-19-15-11-7-3/h77-79,84H,5-76H2,1-4H3,(H,89,90)(H,91,92)/t77-,78+,79+/m0/s1. The van der Waals surface area contributed by atoms with E-state index < -0.39 is 97.5 Å². The number of carbonyl (C=O) groups is 4. The molecule has 0 fully saturated rings. The summed E-state index contributed by atoms with van der Waals surface area (Å²) in [5.41, 5.74) is 0. The van der Waals surface area contributed by atoms with Crippen LogP contribution in [0.15, 0.2) is 0 Å². The Hall–Kier alpha value is -1.94. The summed E-state index contributed by atoms with van der Waals surface area (Å²) in [7, 11) is -9.92. The van der Waals surface area contributed by atoms with Gasteiger partial charge in [-0.05, 0) is 25.7 Å². The number of unbranched alkanes of at least 4 members (excludes halogenated alkanes) is 58. The van der Waals surface area contributed by atoms with Gasteiger partial charge in [-0.25, -0.2) is 9.13 Å². The minimum Gasteiger partial charge on any atom is -0.462 e. The highest BCUT2D eigenvalue weighted by atomic mass is 31.2. The average Bonchev–Trinajstić information content (AvgIpc) is 0.907. The normalized spacial score (nSPS) is 13.8. The highest BCUT2D eigenvalue weighted by Crippen LogP contribution is 2.45. The van der Waals surface area contributed by atoms with Crippen LogP contribution in [-0.4, -0.2) is 96.7 Å². The average molecular weight is 1490 g/mol. The second-order valence-electron chi connectivity index (χ2n) is 29.9. The molecule has 0 amide bonds. The molecule has 19 heteroatoms. The lowest BCUT2D eigenvalue weighted by Crippen LogP contribution is -2.30. The first-order valence-corrected chi connectivity index (χ1v) is 46.3. The molecule has 0 aromatic rings. The van der Waals surface area contributed by atoms with Crippen molar-refractivity contribution in [1.29, 1.82) is 0 Å². The zero-order valence-electron chi connectivity index (χ0n) is 66.6. The molecule has 17 nitrogen and oxygen atoms in total. The van der Waals surface area contributed by atoms with Crippen molar-refractivity contribution in [3.8, 4) is 0 Å². The van der Waals surface area contributed by atoms with Crippen LogP contribution in [0.5, 0.6) is 0 Å². The fourth-order valence-corrected chi connectivity index (χ4v) is 14.6. The van der Waals surface area contributed by atoms with E-state index in [1.807, 2.05) is 0 Å². The van der Waals surface area contributed by atoms with Crippen LogP contribution < -0.4 is 0 Å². The van der Waals surface area contributed by atoms with Crippen LogP contribution in [-0.2, 0) is 65.4 Å². The number of aliphatic hydroxyl groups is 1. The minimum atomic E-state index is -4.96. The number of rotatable bonds is 84. The van der Waals surface area contributed by atoms with E-state index in [1.54, 1.807) is 0 Å². The maximum atomic E-state index is 13.1.